The number of benzene rings is 2. The molecular weight excluding hydrogens is 382 g/mol. The first-order chi connectivity index (χ1) is 13.5. The highest BCUT2D eigenvalue weighted by Gasteiger charge is 2.17. The van der Waals surface area contributed by atoms with Crippen LogP contribution in [-0.2, 0) is 16.1 Å². The average molecular weight is 400 g/mol. The number of hydrogen-bond acceptors (Lipinski definition) is 8. The zero-order valence-corrected chi connectivity index (χ0v) is 15.8. The fourth-order valence-corrected chi connectivity index (χ4v) is 2.43. The monoisotopic (exact) mass is 399 g/mol. The van der Waals surface area contributed by atoms with Crippen LogP contribution in [0, 0.1) is 0 Å². The Kier molecular flexibility index (Phi) is 6.23. The maximum atomic E-state index is 12.2. The number of rotatable bonds is 7. The fourth-order valence-electron chi connectivity index (χ4n) is 2.25. The summed E-state index contributed by atoms with van der Waals surface area (Å²) in [7, 11) is 0. The summed E-state index contributed by atoms with van der Waals surface area (Å²) in [6, 6.07) is 16.1. The maximum absolute atomic E-state index is 12.2. The summed E-state index contributed by atoms with van der Waals surface area (Å²) in [4.78, 5) is 24.4. The van der Waals surface area contributed by atoms with Gasteiger partial charge in [0.2, 0.25) is 11.9 Å². The van der Waals surface area contributed by atoms with Gasteiger partial charge in [0, 0.05) is 10.7 Å². The molecule has 1 heterocycles. The third-order valence-electron chi connectivity index (χ3n) is 3.51. The van der Waals surface area contributed by atoms with E-state index in [9.17, 15) is 4.79 Å². The molecule has 1 atom stereocenters. The molecule has 0 radical (unpaired) electrons. The lowest BCUT2D eigenvalue weighted by molar-refractivity contribution is -0.152. The first-order valence-corrected chi connectivity index (χ1v) is 8.79. The van der Waals surface area contributed by atoms with Crippen molar-refractivity contribution in [3.05, 3.63) is 65.4 Å². The lowest BCUT2D eigenvalue weighted by Gasteiger charge is -2.14. The summed E-state index contributed by atoms with van der Waals surface area (Å²) in [5, 5.41) is 3.52. The molecule has 144 valence electrons. The summed E-state index contributed by atoms with van der Waals surface area (Å²) >= 11 is 5.90. The molecule has 8 nitrogen and oxygen atoms in total. The van der Waals surface area contributed by atoms with E-state index < -0.39 is 12.1 Å². The highest BCUT2D eigenvalue weighted by molar-refractivity contribution is 6.30. The van der Waals surface area contributed by atoms with E-state index in [1.54, 1.807) is 31.2 Å². The second-order valence-corrected chi connectivity index (χ2v) is 6.19. The summed E-state index contributed by atoms with van der Waals surface area (Å²) in [6.07, 6.45) is -0.834. The Morgan fingerprint density at radius 1 is 1.14 bits per heavy atom. The molecule has 3 rings (SSSR count). The first kappa shape index (κ1) is 19.4. The molecule has 28 heavy (non-hydrogen) atoms. The molecule has 1 unspecified atom stereocenters. The van der Waals surface area contributed by atoms with E-state index in [4.69, 9.17) is 26.8 Å². The standard InChI is InChI=1S/C19H18ClN5O3/c1-12(28-15-9-5-6-13(20)10-15)17(26)27-11-16-23-18(21)25-19(24-16)22-14-7-3-2-4-8-14/h2-10,12H,11H2,1H3,(H3,21,22,23,24,25). The lowest BCUT2D eigenvalue weighted by atomic mass is 10.3. The van der Waals surface area contributed by atoms with Crippen molar-refractivity contribution in [2.75, 3.05) is 11.1 Å². The van der Waals surface area contributed by atoms with E-state index in [1.165, 1.54) is 0 Å². The topological polar surface area (TPSA) is 112 Å². The number of halogens is 1. The SMILES string of the molecule is CC(Oc1cccc(Cl)c1)C(=O)OCc1nc(N)nc(Nc2ccccc2)n1. The number of nitrogens with one attached hydrogen (secondary N) is 1. The van der Waals surface area contributed by atoms with Crippen LogP contribution in [0.25, 0.3) is 0 Å². The van der Waals surface area contributed by atoms with Crippen molar-refractivity contribution < 1.29 is 14.3 Å². The van der Waals surface area contributed by atoms with Crippen molar-refractivity contribution in [3.8, 4) is 5.75 Å². The second kappa shape index (κ2) is 9.01. The van der Waals surface area contributed by atoms with Crippen molar-refractivity contribution >= 4 is 35.2 Å². The van der Waals surface area contributed by atoms with Gasteiger partial charge in [-0.25, -0.2) is 4.79 Å². The maximum Gasteiger partial charge on any atom is 0.347 e. The number of carbonyl (C=O) groups is 1. The minimum absolute atomic E-state index is 0.0164. The van der Waals surface area contributed by atoms with Crippen LogP contribution in [0.5, 0.6) is 5.75 Å². The largest absolute Gasteiger partial charge is 0.479 e. The third-order valence-corrected chi connectivity index (χ3v) is 3.75. The summed E-state index contributed by atoms with van der Waals surface area (Å²) in [5.41, 5.74) is 6.51. The minimum atomic E-state index is -0.834. The van der Waals surface area contributed by atoms with Gasteiger partial charge in [-0.1, -0.05) is 35.9 Å². The Morgan fingerprint density at radius 2 is 1.93 bits per heavy atom. The molecule has 0 saturated carbocycles. The molecule has 0 bridgehead atoms. The number of aromatic nitrogens is 3. The molecule has 0 aliphatic heterocycles. The molecule has 0 fully saturated rings. The summed E-state index contributed by atoms with van der Waals surface area (Å²) in [5.74, 6) is 0.386. The fraction of sp³-hybridized carbons (Fsp3) is 0.158. The van der Waals surface area contributed by atoms with Gasteiger partial charge in [-0.2, -0.15) is 15.0 Å². The van der Waals surface area contributed by atoms with E-state index in [-0.39, 0.29) is 24.3 Å². The number of anilines is 3. The van der Waals surface area contributed by atoms with E-state index in [1.807, 2.05) is 30.3 Å². The van der Waals surface area contributed by atoms with Crippen molar-refractivity contribution in [1.29, 1.82) is 0 Å². The molecule has 3 N–H and O–H groups in total. The van der Waals surface area contributed by atoms with Gasteiger partial charge in [0.25, 0.3) is 0 Å². The van der Waals surface area contributed by atoms with E-state index in [2.05, 4.69) is 20.3 Å². The van der Waals surface area contributed by atoms with Crippen LogP contribution in [0.2, 0.25) is 5.02 Å². The Hall–Kier alpha value is -3.39. The highest BCUT2D eigenvalue weighted by Crippen LogP contribution is 2.19. The predicted octanol–water partition coefficient (Wildman–Crippen LogP) is 3.36. The number of ether oxygens (including phenoxy) is 2. The van der Waals surface area contributed by atoms with Gasteiger partial charge in [0.05, 0.1) is 0 Å². The van der Waals surface area contributed by atoms with Gasteiger partial charge in [0.15, 0.2) is 18.5 Å². The van der Waals surface area contributed by atoms with Gasteiger partial charge in [-0.05, 0) is 37.3 Å². The molecule has 3 aromatic rings. The number of nitrogens with two attached hydrogens (primary N) is 1. The van der Waals surface area contributed by atoms with Crippen molar-refractivity contribution in [2.24, 2.45) is 0 Å². The second-order valence-electron chi connectivity index (χ2n) is 5.75. The van der Waals surface area contributed by atoms with Crippen molar-refractivity contribution in [3.63, 3.8) is 0 Å². The number of carbonyl (C=O) groups excluding carboxylic acids is 1. The smallest absolute Gasteiger partial charge is 0.347 e. The van der Waals surface area contributed by atoms with Crippen LogP contribution in [0.3, 0.4) is 0 Å². The van der Waals surface area contributed by atoms with E-state index in [0.717, 1.165) is 5.69 Å². The molecule has 9 heteroatoms. The summed E-state index contributed by atoms with van der Waals surface area (Å²) < 4.78 is 10.7. The molecular formula is C19H18ClN5O3. The van der Waals surface area contributed by atoms with Crippen LogP contribution < -0.4 is 15.8 Å². The zero-order valence-electron chi connectivity index (χ0n) is 15.0. The normalized spacial score (nSPS) is 11.5. The van der Waals surface area contributed by atoms with Crippen LogP contribution in [0.1, 0.15) is 12.7 Å². The van der Waals surface area contributed by atoms with E-state index >= 15 is 0 Å². The summed E-state index contributed by atoms with van der Waals surface area (Å²) in [6.45, 7) is 1.41. The number of para-hydroxylation sites is 1. The Morgan fingerprint density at radius 3 is 2.68 bits per heavy atom. The van der Waals surface area contributed by atoms with Gasteiger partial charge in [-0.3, -0.25) is 0 Å². The van der Waals surface area contributed by atoms with E-state index in [0.29, 0.717) is 10.8 Å². The molecule has 1 aromatic heterocycles. The number of hydrogen-bond donors (Lipinski definition) is 2. The molecule has 2 aromatic carbocycles. The Bertz CT molecular complexity index is 955. The van der Waals surface area contributed by atoms with Gasteiger partial charge < -0.3 is 20.5 Å². The van der Waals surface area contributed by atoms with Gasteiger partial charge >= 0.3 is 5.97 Å². The van der Waals surface area contributed by atoms with Crippen LogP contribution in [0.15, 0.2) is 54.6 Å². The molecule has 0 spiro atoms. The van der Waals surface area contributed by atoms with Crippen LogP contribution >= 0.6 is 11.6 Å². The number of esters is 1. The van der Waals surface area contributed by atoms with Crippen molar-refractivity contribution in [2.45, 2.75) is 19.6 Å². The van der Waals surface area contributed by atoms with Crippen LogP contribution in [-0.4, -0.2) is 27.0 Å². The van der Waals surface area contributed by atoms with Crippen molar-refractivity contribution in [1.82, 2.24) is 15.0 Å². The zero-order chi connectivity index (χ0) is 19.9. The molecule has 0 saturated heterocycles. The predicted molar refractivity (Wildman–Crippen MR) is 105 cm³/mol. The average Bonchev–Trinajstić information content (AvgIpc) is 2.66. The molecule has 0 aliphatic rings. The minimum Gasteiger partial charge on any atom is -0.479 e. The van der Waals surface area contributed by atoms with Gasteiger partial charge in [-0.15, -0.1) is 0 Å². The highest BCUT2D eigenvalue weighted by atomic mass is 35.5. The lowest BCUT2D eigenvalue weighted by Crippen LogP contribution is -2.26. The van der Waals surface area contributed by atoms with Crippen LogP contribution in [0.4, 0.5) is 17.6 Å². The number of nitrogens with zero attached hydrogens (tertiary/aromatic N) is 3. The Labute approximate surface area is 166 Å². The third kappa shape index (κ3) is 5.55. The van der Waals surface area contributed by atoms with Gasteiger partial charge in [0.1, 0.15) is 5.75 Å². The quantitative estimate of drug-likeness (QED) is 0.581. The molecule has 0 aliphatic carbocycles. The molecule has 0 amide bonds. The Balaban J connectivity index is 1.59. The first-order valence-electron chi connectivity index (χ1n) is 8.41. The number of nitrogen functional groups attached to an aromatic ring is 1.